The Kier molecular flexibility index (Phi) is 9.93. The molecule has 0 bridgehead atoms. The lowest BCUT2D eigenvalue weighted by Gasteiger charge is -2.13. The van der Waals surface area contributed by atoms with Crippen molar-refractivity contribution in [3.63, 3.8) is 0 Å². The second-order valence-electron chi connectivity index (χ2n) is 10.1. The van der Waals surface area contributed by atoms with Crippen LogP contribution in [0.4, 0.5) is 10.1 Å². The van der Waals surface area contributed by atoms with Gasteiger partial charge in [-0.15, -0.1) is 0 Å². The lowest BCUT2D eigenvalue weighted by atomic mass is 9.99. The number of hydrogen-bond acceptors (Lipinski definition) is 12. The summed E-state index contributed by atoms with van der Waals surface area (Å²) in [7, 11) is -8.44. The molecule has 0 aliphatic heterocycles. The van der Waals surface area contributed by atoms with Crippen LogP contribution >= 0.6 is 0 Å². The van der Waals surface area contributed by atoms with Crippen molar-refractivity contribution >= 4 is 36.7 Å². The van der Waals surface area contributed by atoms with Gasteiger partial charge >= 0.3 is 16.5 Å². The topological polar surface area (TPSA) is 218 Å². The van der Waals surface area contributed by atoms with Crippen LogP contribution in [0.3, 0.4) is 0 Å². The summed E-state index contributed by atoms with van der Waals surface area (Å²) >= 11 is 0. The number of aromatic nitrogens is 2. The normalized spacial score (nSPS) is 11.7. The number of benzene rings is 3. The summed E-state index contributed by atoms with van der Waals surface area (Å²) in [5.41, 5.74) is -0.214. The number of rotatable bonds is 14. The van der Waals surface area contributed by atoms with Gasteiger partial charge in [0.2, 0.25) is 0 Å². The smallest absolute Gasteiger partial charge is 0.415 e. The van der Waals surface area contributed by atoms with Crippen molar-refractivity contribution in [2.24, 2.45) is 0 Å². The molecule has 15 nitrogen and oxygen atoms in total. The van der Waals surface area contributed by atoms with Crippen molar-refractivity contribution in [1.82, 2.24) is 9.88 Å². The molecule has 18 heteroatoms. The van der Waals surface area contributed by atoms with E-state index in [9.17, 15) is 26.8 Å². The zero-order valence-corrected chi connectivity index (χ0v) is 26.6. The number of halogens is 1. The van der Waals surface area contributed by atoms with E-state index in [0.717, 1.165) is 0 Å². The summed E-state index contributed by atoms with van der Waals surface area (Å²) < 4.78 is 90.7. The first-order valence-corrected chi connectivity index (χ1v) is 17.0. The van der Waals surface area contributed by atoms with Crippen LogP contribution in [-0.2, 0) is 26.5 Å². The number of sulfone groups is 1. The summed E-state index contributed by atoms with van der Waals surface area (Å²) in [6.07, 6.45) is -0.267. The second kappa shape index (κ2) is 14.1. The summed E-state index contributed by atoms with van der Waals surface area (Å²) in [6, 6.07) is 17.7. The van der Waals surface area contributed by atoms with Crippen molar-refractivity contribution in [3.05, 3.63) is 105 Å². The van der Waals surface area contributed by atoms with Gasteiger partial charge in [0, 0.05) is 36.4 Å². The third-order valence-electron chi connectivity index (χ3n) is 6.92. The van der Waals surface area contributed by atoms with Gasteiger partial charge in [0.15, 0.2) is 5.82 Å². The van der Waals surface area contributed by atoms with Crippen molar-refractivity contribution in [3.8, 4) is 17.7 Å². The van der Waals surface area contributed by atoms with Gasteiger partial charge in [0.05, 0.1) is 21.8 Å². The predicted octanol–water partition coefficient (Wildman–Crippen LogP) is 2.90. The summed E-state index contributed by atoms with van der Waals surface area (Å²) in [5, 5.41) is 23.8. The highest BCUT2D eigenvalue weighted by Crippen LogP contribution is 2.28. The molecule has 0 fully saturated rings. The van der Waals surface area contributed by atoms with Crippen LogP contribution in [-0.4, -0.2) is 41.8 Å². The number of aryl methyl sites for hydroxylation is 1. The maximum atomic E-state index is 15.3. The van der Waals surface area contributed by atoms with Crippen molar-refractivity contribution in [2.45, 2.75) is 29.7 Å². The minimum absolute atomic E-state index is 0.0382. The summed E-state index contributed by atoms with van der Waals surface area (Å²) in [4.78, 5) is 12.6. The molecule has 2 aromatic heterocycles. The zero-order chi connectivity index (χ0) is 34.5. The zero-order valence-electron chi connectivity index (χ0n) is 25.0. The monoisotopic (exact) mass is 699 g/mol. The maximum absolute atomic E-state index is 15.3. The molecule has 0 aliphatic carbocycles. The van der Waals surface area contributed by atoms with E-state index < -0.39 is 42.4 Å². The van der Waals surface area contributed by atoms with Gasteiger partial charge < -0.3 is 19.1 Å². The molecule has 0 saturated heterocycles. The molecule has 0 unspecified atom stereocenters. The Morgan fingerprint density at radius 2 is 1.79 bits per heavy atom. The van der Waals surface area contributed by atoms with Gasteiger partial charge in [0.25, 0.3) is 20.0 Å². The molecule has 48 heavy (non-hydrogen) atoms. The fourth-order valence-electron chi connectivity index (χ4n) is 4.61. The van der Waals surface area contributed by atoms with E-state index >= 15 is 4.39 Å². The first kappa shape index (κ1) is 33.8. The van der Waals surface area contributed by atoms with Gasteiger partial charge in [-0.25, -0.2) is 17.6 Å². The van der Waals surface area contributed by atoms with Gasteiger partial charge in [-0.3, -0.25) is 9.35 Å². The molecular formula is C30H26FN5O10S2. The molecule has 0 radical (unpaired) electrons. The molecule has 2 N–H and O–H groups in total. The fourth-order valence-corrected chi connectivity index (χ4v) is 6.80. The molecule has 250 valence electrons. The van der Waals surface area contributed by atoms with Gasteiger partial charge in [-0.1, -0.05) is 30.3 Å². The Morgan fingerprint density at radius 3 is 2.54 bits per heavy atom. The molecule has 5 aromatic rings. The van der Waals surface area contributed by atoms with Crippen molar-refractivity contribution in [1.29, 1.82) is 5.26 Å². The van der Waals surface area contributed by atoms with Gasteiger partial charge in [-0.2, -0.15) is 18.4 Å². The second-order valence-corrected chi connectivity index (χ2v) is 13.4. The van der Waals surface area contributed by atoms with Crippen molar-refractivity contribution in [2.75, 3.05) is 24.5 Å². The maximum Gasteiger partial charge on any atom is 0.415 e. The Hall–Kier alpha value is -5.51. The van der Waals surface area contributed by atoms with E-state index in [4.69, 9.17) is 19.2 Å². The average molecular weight is 700 g/mol. The average Bonchev–Trinajstić information content (AvgIpc) is 3.44. The molecule has 0 amide bonds. The molecule has 2 heterocycles. The summed E-state index contributed by atoms with van der Waals surface area (Å²) in [6.45, 7) is 1.14. The molecule has 5 rings (SSSR count). The minimum atomic E-state index is -4.29. The van der Waals surface area contributed by atoms with Crippen LogP contribution in [0.1, 0.15) is 23.1 Å². The van der Waals surface area contributed by atoms with E-state index in [-0.39, 0.29) is 70.5 Å². The quantitative estimate of drug-likeness (QED) is 0.0971. The number of nitriles is 1. The summed E-state index contributed by atoms with van der Waals surface area (Å²) in [5.74, 6) is -1.16. The highest BCUT2D eigenvalue weighted by atomic mass is 32.2. The van der Waals surface area contributed by atoms with E-state index in [2.05, 4.69) is 19.2 Å². The molecule has 0 aliphatic rings. The highest BCUT2D eigenvalue weighted by Gasteiger charge is 2.35. The molecular weight excluding hydrogens is 673 g/mol. The molecule has 0 saturated carbocycles. The van der Waals surface area contributed by atoms with Crippen molar-refractivity contribution < 1.29 is 44.6 Å². The first-order valence-electron chi connectivity index (χ1n) is 14.0. The lowest BCUT2D eigenvalue weighted by molar-refractivity contribution is -0.832. The Morgan fingerprint density at radius 1 is 1.04 bits per heavy atom. The van der Waals surface area contributed by atoms with Crippen LogP contribution in [0.5, 0.6) is 11.6 Å². The first-order chi connectivity index (χ1) is 22.9. The molecule has 3 aromatic carbocycles. The van der Waals surface area contributed by atoms with E-state index in [1.807, 2.05) is 0 Å². The number of fused-ring (bicyclic) bond motifs is 1. The number of hydrogen-bond donors (Lipinski definition) is 2. The number of nitrogens with zero attached hydrogens (tertiary/aromatic N) is 3. The third-order valence-corrected chi connectivity index (χ3v) is 9.72. The third kappa shape index (κ3) is 7.38. The number of nitrogens with one attached hydrogen (secondary N) is 2. The molecule has 0 spiro atoms. The Labute approximate surface area is 272 Å². The number of ether oxygens (including phenoxy) is 2. The standard InChI is InChI=1S/C30H26FN5O10S2/c1-19-23-12-11-21(43-15-16-44-28-29(36(38)46-34-28)47(39,40)22-8-3-2-4-9-22)18-26(23)45-30(37)24(19)17-20-7-5-10-25(27(20)31)35-48(41,42)33-14-6-13-32/h2-5,7-12,18,33,35H,6,14-17H2,1H3. The Balaban J connectivity index is 1.27. The Bertz CT molecular complexity index is 2290. The van der Waals surface area contributed by atoms with Crippen LogP contribution in [0.2, 0.25) is 0 Å². The fraction of sp³-hybridized carbons (Fsp3) is 0.200. The van der Waals surface area contributed by atoms with Gasteiger partial charge in [0.1, 0.15) is 24.5 Å². The van der Waals surface area contributed by atoms with Crippen LogP contribution in [0.25, 0.3) is 11.0 Å². The minimum Gasteiger partial charge on any atom is -0.490 e. The SMILES string of the molecule is Cc1c(Cc2cccc(NS(=O)(=O)NCCC#N)c2F)c(=O)oc2cc(OCCOc3no[n+]([O-])c3S(=O)(=O)c3ccccc3)ccc12. The van der Waals surface area contributed by atoms with Crippen LogP contribution in [0.15, 0.2) is 90.5 Å². The highest BCUT2D eigenvalue weighted by molar-refractivity contribution is 7.91. The predicted molar refractivity (Wildman–Crippen MR) is 166 cm³/mol. The van der Waals surface area contributed by atoms with E-state index in [1.54, 1.807) is 31.2 Å². The van der Waals surface area contributed by atoms with Gasteiger partial charge in [-0.05, 0) is 53.3 Å². The number of anilines is 1. The van der Waals surface area contributed by atoms with Crippen LogP contribution < -0.4 is 29.4 Å². The van der Waals surface area contributed by atoms with E-state index in [1.165, 1.54) is 48.5 Å². The lowest BCUT2D eigenvalue weighted by Crippen LogP contribution is -2.31. The van der Waals surface area contributed by atoms with Crippen LogP contribution in [0, 0.1) is 29.3 Å². The largest absolute Gasteiger partial charge is 0.490 e. The van der Waals surface area contributed by atoms with E-state index in [0.29, 0.717) is 10.9 Å². The molecule has 0 atom stereocenters.